The van der Waals surface area contributed by atoms with Crippen LogP contribution < -0.4 is 5.32 Å². The second-order valence-corrected chi connectivity index (χ2v) is 4.78. The SMILES string of the molecule is CCNC(c1ccc(Cl)cc1)c1cc(F)c(F)c(F)c1. The van der Waals surface area contributed by atoms with Crippen molar-refractivity contribution < 1.29 is 13.2 Å². The molecule has 2 aromatic carbocycles. The third kappa shape index (κ3) is 3.14. The molecule has 2 aromatic rings. The zero-order valence-corrected chi connectivity index (χ0v) is 11.5. The van der Waals surface area contributed by atoms with Crippen molar-refractivity contribution in [3.8, 4) is 0 Å². The number of hydrogen-bond donors (Lipinski definition) is 1. The van der Waals surface area contributed by atoms with Crippen molar-refractivity contribution >= 4 is 11.6 Å². The molecule has 0 saturated carbocycles. The summed E-state index contributed by atoms with van der Waals surface area (Å²) in [6.45, 7) is 2.47. The Labute approximate surface area is 120 Å². The Morgan fingerprint density at radius 1 is 1.00 bits per heavy atom. The summed E-state index contributed by atoms with van der Waals surface area (Å²) in [5, 5.41) is 3.68. The largest absolute Gasteiger partial charge is 0.307 e. The third-order valence-corrected chi connectivity index (χ3v) is 3.20. The summed E-state index contributed by atoms with van der Waals surface area (Å²) in [6, 6.07) is 8.47. The number of benzene rings is 2. The Morgan fingerprint density at radius 3 is 2.05 bits per heavy atom. The first-order valence-electron chi connectivity index (χ1n) is 6.16. The third-order valence-electron chi connectivity index (χ3n) is 2.95. The molecule has 0 fully saturated rings. The highest BCUT2D eigenvalue weighted by Gasteiger charge is 2.18. The average molecular weight is 300 g/mol. The van der Waals surface area contributed by atoms with E-state index < -0.39 is 23.5 Å². The van der Waals surface area contributed by atoms with Crippen molar-refractivity contribution in [2.24, 2.45) is 0 Å². The molecule has 106 valence electrons. The fourth-order valence-electron chi connectivity index (χ4n) is 2.03. The second kappa shape index (κ2) is 6.29. The van der Waals surface area contributed by atoms with E-state index in [1.54, 1.807) is 24.3 Å². The summed E-state index contributed by atoms with van der Waals surface area (Å²) in [5.41, 5.74) is 1.12. The van der Waals surface area contributed by atoms with Crippen LogP contribution in [0.4, 0.5) is 13.2 Å². The summed E-state index contributed by atoms with van der Waals surface area (Å²) in [4.78, 5) is 0. The van der Waals surface area contributed by atoms with Crippen LogP contribution >= 0.6 is 11.6 Å². The molecule has 1 nitrogen and oxygen atoms in total. The van der Waals surface area contributed by atoms with Gasteiger partial charge in [-0.25, -0.2) is 13.2 Å². The molecule has 5 heteroatoms. The molecule has 0 aliphatic carbocycles. The first-order valence-corrected chi connectivity index (χ1v) is 6.54. The Balaban J connectivity index is 2.45. The molecular formula is C15H13ClF3N. The molecule has 0 amide bonds. The van der Waals surface area contributed by atoms with Gasteiger partial charge in [0.15, 0.2) is 17.5 Å². The fourth-order valence-corrected chi connectivity index (χ4v) is 2.16. The topological polar surface area (TPSA) is 12.0 Å². The van der Waals surface area contributed by atoms with Crippen LogP contribution in [0.15, 0.2) is 36.4 Å². The van der Waals surface area contributed by atoms with Crippen LogP contribution in [0.2, 0.25) is 5.02 Å². The van der Waals surface area contributed by atoms with Gasteiger partial charge in [-0.3, -0.25) is 0 Å². The van der Waals surface area contributed by atoms with E-state index >= 15 is 0 Å². The van der Waals surface area contributed by atoms with E-state index in [-0.39, 0.29) is 0 Å². The zero-order chi connectivity index (χ0) is 14.7. The number of hydrogen-bond acceptors (Lipinski definition) is 1. The second-order valence-electron chi connectivity index (χ2n) is 4.34. The highest BCUT2D eigenvalue weighted by atomic mass is 35.5. The molecule has 0 aliphatic heterocycles. The van der Waals surface area contributed by atoms with Crippen LogP contribution in [-0.2, 0) is 0 Å². The first-order chi connectivity index (χ1) is 9.52. The fraction of sp³-hybridized carbons (Fsp3) is 0.200. The number of rotatable bonds is 4. The molecule has 0 saturated heterocycles. The van der Waals surface area contributed by atoms with Crippen LogP contribution in [0.5, 0.6) is 0 Å². The van der Waals surface area contributed by atoms with E-state index in [4.69, 9.17) is 11.6 Å². The zero-order valence-electron chi connectivity index (χ0n) is 10.8. The monoisotopic (exact) mass is 299 g/mol. The van der Waals surface area contributed by atoms with E-state index in [2.05, 4.69) is 5.32 Å². The minimum atomic E-state index is -1.46. The number of nitrogens with one attached hydrogen (secondary N) is 1. The van der Waals surface area contributed by atoms with E-state index in [0.29, 0.717) is 17.1 Å². The van der Waals surface area contributed by atoms with Crippen molar-refractivity contribution in [2.75, 3.05) is 6.54 Å². The Morgan fingerprint density at radius 2 is 1.55 bits per heavy atom. The molecule has 0 bridgehead atoms. The van der Waals surface area contributed by atoms with Crippen LogP contribution in [0, 0.1) is 17.5 Å². The van der Waals surface area contributed by atoms with Gasteiger partial charge in [0.05, 0.1) is 6.04 Å². The molecule has 0 spiro atoms. The lowest BCUT2D eigenvalue weighted by molar-refractivity contribution is 0.442. The Kier molecular flexibility index (Phi) is 4.68. The Bertz CT molecular complexity index is 576. The summed E-state index contributed by atoms with van der Waals surface area (Å²) < 4.78 is 39.7. The van der Waals surface area contributed by atoms with Gasteiger partial charge < -0.3 is 5.32 Å². The molecule has 1 N–H and O–H groups in total. The predicted octanol–water partition coefficient (Wildman–Crippen LogP) is 4.46. The van der Waals surface area contributed by atoms with Gasteiger partial charge in [0.25, 0.3) is 0 Å². The van der Waals surface area contributed by atoms with Gasteiger partial charge >= 0.3 is 0 Å². The molecule has 0 heterocycles. The Hall–Kier alpha value is -1.52. The van der Waals surface area contributed by atoms with Gasteiger partial charge in [0, 0.05) is 5.02 Å². The highest BCUT2D eigenvalue weighted by Crippen LogP contribution is 2.26. The molecular weight excluding hydrogens is 287 g/mol. The maximum atomic E-state index is 13.4. The molecule has 20 heavy (non-hydrogen) atoms. The molecule has 0 aromatic heterocycles. The predicted molar refractivity (Wildman–Crippen MR) is 73.3 cm³/mol. The van der Waals surface area contributed by atoms with Crippen LogP contribution in [0.1, 0.15) is 24.1 Å². The first kappa shape index (κ1) is 14.9. The van der Waals surface area contributed by atoms with E-state index in [0.717, 1.165) is 17.7 Å². The maximum Gasteiger partial charge on any atom is 0.194 e. The van der Waals surface area contributed by atoms with Gasteiger partial charge in [-0.2, -0.15) is 0 Å². The van der Waals surface area contributed by atoms with Gasteiger partial charge in [-0.05, 0) is 41.9 Å². The molecule has 1 unspecified atom stereocenters. The van der Waals surface area contributed by atoms with Crippen molar-refractivity contribution in [3.05, 3.63) is 70.0 Å². The van der Waals surface area contributed by atoms with Crippen molar-refractivity contribution in [2.45, 2.75) is 13.0 Å². The normalized spacial score (nSPS) is 12.4. The molecule has 1 atom stereocenters. The highest BCUT2D eigenvalue weighted by molar-refractivity contribution is 6.30. The van der Waals surface area contributed by atoms with Gasteiger partial charge in [-0.1, -0.05) is 30.7 Å². The quantitative estimate of drug-likeness (QED) is 0.822. The van der Waals surface area contributed by atoms with E-state index in [9.17, 15) is 13.2 Å². The van der Waals surface area contributed by atoms with Gasteiger partial charge in [0.1, 0.15) is 0 Å². The van der Waals surface area contributed by atoms with Crippen LogP contribution in [0.3, 0.4) is 0 Å². The summed E-state index contributed by atoms with van der Waals surface area (Å²) in [7, 11) is 0. The lowest BCUT2D eigenvalue weighted by Crippen LogP contribution is -2.22. The lowest BCUT2D eigenvalue weighted by Gasteiger charge is -2.19. The molecule has 0 radical (unpaired) electrons. The minimum Gasteiger partial charge on any atom is -0.307 e. The van der Waals surface area contributed by atoms with E-state index in [1.807, 2.05) is 6.92 Å². The summed E-state index contributed by atoms with van der Waals surface area (Å²) >= 11 is 5.82. The maximum absolute atomic E-state index is 13.4. The van der Waals surface area contributed by atoms with Crippen molar-refractivity contribution in [1.29, 1.82) is 0 Å². The van der Waals surface area contributed by atoms with Crippen LogP contribution in [-0.4, -0.2) is 6.54 Å². The molecule has 0 aliphatic rings. The van der Waals surface area contributed by atoms with Gasteiger partial charge in [0.2, 0.25) is 0 Å². The molecule has 2 rings (SSSR count). The summed E-state index contributed by atoms with van der Waals surface area (Å²) in [5.74, 6) is -3.85. The van der Waals surface area contributed by atoms with E-state index in [1.165, 1.54) is 0 Å². The average Bonchev–Trinajstić information content (AvgIpc) is 2.43. The van der Waals surface area contributed by atoms with Crippen molar-refractivity contribution in [1.82, 2.24) is 5.32 Å². The van der Waals surface area contributed by atoms with Crippen molar-refractivity contribution in [3.63, 3.8) is 0 Å². The van der Waals surface area contributed by atoms with Gasteiger partial charge in [-0.15, -0.1) is 0 Å². The standard InChI is InChI=1S/C15H13ClF3N/c1-2-20-15(9-3-5-11(16)6-4-9)10-7-12(17)14(19)13(18)8-10/h3-8,15,20H,2H2,1H3. The number of halogens is 4. The smallest absolute Gasteiger partial charge is 0.194 e. The van der Waals surface area contributed by atoms with Crippen LogP contribution in [0.25, 0.3) is 0 Å². The summed E-state index contributed by atoms with van der Waals surface area (Å²) in [6.07, 6.45) is 0. The minimum absolute atomic E-state index is 0.325. The lowest BCUT2D eigenvalue weighted by atomic mass is 9.98.